The number of ether oxygens (including phenoxy) is 3. The minimum Gasteiger partial charge on any atom is -0.495 e. The molecule has 4 aromatic rings. The van der Waals surface area contributed by atoms with E-state index >= 15 is 0 Å². The van der Waals surface area contributed by atoms with Crippen LogP contribution in [0.4, 0.5) is 5.69 Å². The Kier molecular flexibility index (Phi) is 14.2. The summed E-state index contributed by atoms with van der Waals surface area (Å²) in [6.07, 6.45) is 5.82. The van der Waals surface area contributed by atoms with Gasteiger partial charge >= 0.3 is 11.9 Å². The van der Waals surface area contributed by atoms with Crippen molar-refractivity contribution in [2.24, 2.45) is 0 Å². The third-order valence-electron chi connectivity index (χ3n) is 7.72. The Morgan fingerprint density at radius 3 is 2.06 bits per heavy atom. The number of unbranched alkanes of at least 4 members (excludes halogenated alkanes) is 4. The van der Waals surface area contributed by atoms with Crippen LogP contribution >= 0.6 is 11.6 Å². The van der Waals surface area contributed by atoms with Crippen LogP contribution in [0.2, 0.25) is 5.02 Å². The third kappa shape index (κ3) is 11.7. The normalized spacial score (nSPS) is 10.6. The number of esters is 1. The lowest BCUT2D eigenvalue weighted by Gasteiger charge is -2.21. The first kappa shape index (κ1) is 37.5. The van der Waals surface area contributed by atoms with Crippen LogP contribution in [0.15, 0.2) is 91.0 Å². The van der Waals surface area contributed by atoms with Crippen molar-refractivity contribution in [2.45, 2.75) is 52.0 Å². The highest BCUT2D eigenvalue weighted by Crippen LogP contribution is 2.25. The van der Waals surface area contributed by atoms with Gasteiger partial charge in [-0.25, -0.2) is 4.79 Å². The molecule has 0 aliphatic carbocycles. The third-order valence-corrected chi connectivity index (χ3v) is 8.02. The first-order valence-electron chi connectivity index (χ1n) is 16.4. The van der Waals surface area contributed by atoms with Gasteiger partial charge < -0.3 is 29.5 Å². The first-order chi connectivity index (χ1) is 24.1. The summed E-state index contributed by atoms with van der Waals surface area (Å²) in [7, 11) is 1.51. The number of hydrogen-bond donors (Lipinski definition) is 2. The molecule has 2 amide bonds. The van der Waals surface area contributed by atoms with Gasteiger partial charge in [0.05, 0.1) is 30.7 Å². The number of anilines is 1. The average Bonchev–Trinajstić information content (AvgIpc) is 3.10. The quantitative estimate of drug-likeness (QED) is 0.0610. The molecule has 0 heterocycles. The van der Waals surface area contributed by atoms with Crippen LogP contribution in [0.25, 0.3) is 0 Å². The Labute approximate surface area is 296 Å². The van der Waals surface area contributed by atoms with E-state index in [1.54, 1.807) is 78.9 Å². The molecule has 4 rings (SSSR count). The Balaban J connectivity index is 1.30. The number of carbonyl (C=O) groups excluding carboxylic acids is 3. The lowest BCUT2D eigenvalue weighted by atomic mass is 10.1. The predicted molar refractivity (Wildman–Crippen MR) is 191 cm³/mol. The molecule has 0 aliphatic rings. The van der Waals surface area contributed by atoms with Crippen molar-refractivity contribution in [3.63, 3.8) is 0 Å². The summed E-state index contributed by atoms with van der Waals surface area (Å²) in [4.78, 5) is 51.4. The number of halogens is 1. The number of rotatable bonds is 18. The zero-order valence-corrected chi connectivity index (χ0v) is 28.9. The van der Waals surface area contributed by atoms with E-state index in [1.807, 2.05) is 0 Å². The van der Waals surface area contributed by atoms with Crippen LogP contribution in [0.1, 0.15) is 70.9 Å². The molecule has 0 atom stereocenters. The monoisotopic (exact) mass is 700 g/mol. The van der Waals surface area contributed by atoms with E-state index in [-0.39, 0.29) is 24.4 Å². The van der Waals surface area contributed by atoms with E-state index in [2.05, 4.69) is 12.2 Å². The fourth-order valence-corrected chi connectivity index (χ4v) is 5.36. The number of nitrogens with zero attached hydrogens (tertiary/aromatic N) is 1. The number of hydrogen-bond acceptors (Lipinski definition) is 7. The Morgan fingerprint density at radius 2 is 1.42 bits per heavy atom. The highest BCUT2D eigenvalue weighted by atomic mass is 35.5. The number of nitrogens with one attached hydrogen (secondary N) is 1. The fraction of sp³-hybridized carbons (Fsp3) is 0.282. The molecule has 0 spiro atoms. The van der Waals surface area contributed by atoms with Crippen molar-refractivity contribution in [1.82, 2.24) is 4.90 Å². The molecule has 50 heavy (non-hydrogen) atoms. The van der Waals surface area contributed by atoms with Crippen LogP contribution in [-0.2, 0) is 22.6 Å². The van der Waals surface area contributed by atoms with Crippen molar-refractivity contribution in [1.29, 1.82) is 0 Å². The zero-order chi connectivity index (χ0) is 35.9. The molecule has 11 heteroatoms. The highest BCUT2D eigenvalue weighted by molar-refractivity contribution is 6.32. The molecular weight excluding hydrogens is 660 g/mol. The van der Waals surface area contributed by atoms with Gasteiger partial charge in [-0.3, -0.25) is 14.4 Å². The van der Waals surface area contributed by atoms with Crippen LogP contribution in [0.5, 0.6) is 17.2 Å². The van der Waals surface area contributed by atoms with Gasteiger partial charge in [0.1, 0.15) is 23.8 Å². The molecule has 262 valence electrons. The smallest absolute Gasteiger partial charge is 0.343 e. The number of benzene rings is 4. The molecule has 0 radical (unpaired) electrons. The van der Waals surface area contributed by atoms with Gasteiger partial charge in [0, 0.05) is 17.8 Å². The summed E-state index contributed by atoms with van der Waals surface area (Å²) < 4.78 is 16.4. The lowest BCUT2D eigenvalue weighted by molar-refractivity contribution is -0.137. The SMILES string of the molecule is CCCCCCCOc1ccc(C(=O)Oc2ccc(CN(CC(=O)O)C(=O)c3ccc(NC(=O)Cc4ccc(OC)c(Cl)c4)cc3)cc2)cc1. The molecule has 0 bridgehead atoms. The van der Waals surface area contributed by atoms with E-state index in [0.29, 0.717) is 51.3 Å². The molecule has 0 aliphatic heterocycles. The summed E-state index contributed by atoms with van der Waals surface area (Å²) in [5, 5.41) is 12.7. The number of aliphatic carboxylic acids is 1. The fourth-order valence-electron chi connectivity index (χ4n) is 5.08. The maximum atomic E-state index is 13.3. The van der Waals surface area contributed by atoms with Crippen molar-refractivity contribution < 1.29 is 38.5 Å². The van der Waals surface area contributed by atoms with Crippen LogP contribution in [0.3, 0.4) is 0 Å². The Hall–Kier alpha value is -5.35. The maximum Gasteiger partial charge on any atom is 0.343 e. The largest absolute Gasteiger partial charge is 0.495 e. The topological polar surface area (TPSA) is 131 Å². The average molecular weight is 701 g/mol. The van der Waals surface area contributed by atoms with E-state index in [1.165, 1.54) is 43.4 Å². The molecule has 0 fully saturated rings. The molecule has 0 unspecified atom stereocenters. The molecule has 0 saturated carbocycles. The summed E-state index contributed by atoms with van der Waals surface area (Å²) in [6.45, 7) is 2.28. The van der Waals surface area contributed by atoms with Gasteiger partial charge in [-0.2, -0.15) is 0 Å². The summed E-state index contributed by atoms with van der Waals surface area (Å²) in [6, 6.07) is 24.6. The Morgan fingerprint density at radius 1 is 0.780 bits per heavy atom. The van der Waals surface area contributed by atoms with E-state index < -0.39 is 24.4 Å². The number of amides is 2. The van der Waals surface area contributed by atoms with E-state index in [4.69, 9.17) is 25.8 Å². The molecular formula is C39H41ClN2O8. The molecule has 2 N–H and O–H groups in total. The number of carboxylic acid groups (broad SMARTS) is 1. The van der Waals surface area contributed by atoms with Gasteiger partial charge in [0.15, 0.2) is 0 Å². The lowest BCUT2D eigenvalue weighted by Crippen LogP contribution is -2.35. The standard InChI is InChI=1S/C39H41ClN2O8/c1-3-4-5-6-7-22-49-32-19-13-30(14-20-32)39(47)50-33-17-8-27(9-18-33)25-42(26-37(44)45)38(46)29-11-15-31(16-12-29)41-36(43)24-28-10-21-35(48-2)34(40)23-28/h8-21,23H,3-7,22,24-26H2,1-2H3,(H,41,43)(H,44,45). The second-order valence-corrected chi connectivity index (χ2v) is 12.1. The highest BCUT2D eigenvalue weighted by Gasteiger charge is 2.20. The summed E-state index contributed by atoms with van der Waals surface area (Å²) in [5.74, 6) is -0.980. The minimum absolute atomic E-state index is 0.00232. The van der Waals surface area contributed by atoms with Crippen molar-refractivity contribution in [2.75, 3.05) is 25.6 Å². The van der Waals surface area contributed by atoms with Gasteiger partial charge in [-0.1, -0.05) is 62.4 Å². The maximum absolute atomic E-state index is 13.3. The van der Waals surface area contributed by atoms with Crippen LogP contribution in [-0.4, -0.2) is 54.0 Å². The van der Waals surface area contributed by atoms with Gasteiger partial charge in [-0.15, -0.1) is 0 Å². The van der Waals surface area contributed by atoms with Gasteiger partial charge in [0.25, 0.3) is 5.91 Å². The predicted octanol–water partition coefficient (Wildman–Crippen LogP) is 7.83. The molecule has 10 nitrogen and oxygen atoms in total. The summed E-state index contributed by atoms with van der Waals surface area (Å²) in [5.41, 5.74) is 2.43. The molecule has 0 aromatic heterocycles. The van der Waals surface area contributed by atoms with E-state index in [0.717, 1.165) is 12.8 Å². The zero-order valence-electron chi connectivity index (χ0n) is 28.2. The van der Waals surface area contributed by atoms with Crippen molar-refractivity contribution in [3.8, 4) is 17.2 Å². The minimum atomic E-state index is -1.17. The molecule has 4 aromatic carbocycles. The van der Waals surface area contributed by atoms with Crippen LogP contribution in [0, 0.1) is 0 Å². The van der Waals surface area contributed by atoms with Gasteiger partial charge in [-0.05, 0) is 90.3 Å². The summed E-state index contributed by atoms with van der Waals surface area (Å²) >= 11 is 6.15. The van der Waals surface area contributed by atoms with Crippen molar-refractivity contribution in [3.05, 3.63) is 118 Å². The number of carbonyl (C=O) groups is 4. The van der Waals surface area contributed by atoms with E-state index in [9.17, 15) is 24.3 Å². The second kappa shape index (κ2) is 19.0. The van der Waals surface area contributed by atoms with Gasteiger partial charge in [0.2, 0.25) is 5.91 Å². The second-order valence-electron chi connectivity index (χ2n) is 11.6. The molecule has 0 saturated heterocycles. The first-order valence-corrected chi connectivity index (χ1v) is 16.8. The van der Waals surface area contributed by atoms with Crippen molar-refractivity contribution >= 4 is 41.0 Å². The Bertz CT molecular complexity index is 1740. The van der Waals surface area contributed by atoms with Crippen LogP contribution < -0.4 is 19.5 Å². The number of methoxy groups -OCH3 is 1. The number of carboxylic acids is 1.